The fourth-order valence-corrected chi connectivity index (χ4v) is 7.96. The smallest absolute Gasteiger partial charge is 0.322 e. The highest BCUT2D eigenvalue weighted by molar-refractivity contribution is 9.10. The summed E-state index contributed by atoms with van der Waals surface area (Å²) in [6.45, 7) is 0. The Bertz CT molecular complexity index is 1390. The molecular weight excluding hydrogens is 694 g/mol. The zero-order chi connectivity index (χ0) is 31.3. The van der Waals surface area contributed by atoms with Crippen LogP contribution in [0.25, 0.3) is 0 Å². The third-order valence-electron chi connectivity index (χ3n) is 9.39. The van der Waals surface area contributed by atoms with E-state index in [1.165, 1.54) is 51.4 Å². The second-order valence-corrected chi connectivity index (χ2v) is 14.0. The average Bonchev–Trinajstić information content (AvgIpc) is 3.31. The first-order chi connectivity index (χ1) is 21.2. The van der Waals surface area contributed by atoms with Crippen molar-refractivity contribution in [3.05, 3.63) is 56.5 Å². The van der Waals surface area contributed by atoms with E-state index >= 15 is 0 Å². The highest BCUT2D eigenvalue weighted by Crippen LogP contribution is 2.46. The van der Waals surface area contributed by atoms with Crippen LogP contribution in [0.1, 0.15) is 93.0 Å². The Hall–Kier alpha value is -2.92. The van der Waals surface area contributed by atoms with Gasteiger partial charge < -0.3 is 20.5 Å². The summed E-state index contributed by atoms with van der Waals surface area (Å²) in [7, 11) is 0. The van der Waals surface area contributed by atoms with Crippen molar-refractivity contribution in [1.82, 2.24) is 10.6 Å². The fraction of sp³-hybridized carbons (Fsp3) is 0.515. The summed E-state index contributed by atoms with van der Waals surface area (Å²) < 4.78 is 14.1. The Morgan fingerprint density at radius 2 is 1.34 bits per heavy atom. The number of hydrogen-bond acceptors (Lipinski definition) is 6. The molecule has 9 nitrogen and oxygen atoms in total. The van der Waals surface area contributed by atoms with Crippen LogP contribution in [0, 0.1) is 11.8 Å². The second-order valence-electron chi connectivity index (χ2n) is 12.2. The van der Waals surface area contributed by atoms with Crippen LogP contribution in [0.3, 0.4) is 0 Å². The number of ether oxygens (including phenoxy) is 2. The van der Waals surface area contributed by atoms with Gasteiger partial charge in [0.2, 0.25) is 6.41 Å². The highest BCUT2D eigenvalue weighted by Gasteiger charge is 2.54. The van der Waals surface area contributed by atoms with E-state index < -0.39 is 11.6 Å². The standard InChI is InChI=1S/C17H19BrN2O3.C15H17BrO2.CH3NO/c18-11-6-7-13-12(8-11)17(15(21)19-16(22)20-17)9-14(23-13)10-4-2-1-3-5-10;16-11-6-7-14-12(8-11)13(17)9-15(18-14)10-4-2-1-3-5-10;2-1-3/h6-8,10,14H,1-5,9H2,(H2,19,20,21,22);6-8,10,15H,1-5,9H2;1H,(H2,2,3). The number of fused-ring (bicyclic) bond motifs is 3. The molecule has 2 saturated carbocycles. The molecule has 7 rings (SSSR count). The Morgan fingerprint density at radius 3 is 1.93 bits per heavy atom. The van der Waals surface area contributed by atoms with Crippen molar-refractivity contribution in [3.8, 4) is 11.5 Å². The molecule has 3 heterocycles. The van der Waals surface area contributed by atoms with Crippen LogP contribution in [0.15, 0.2) is 45.3 Å². The van der Waals surface area contributed by atoms with Crippen molar-refractivity contribution in [2.45, 2.75) is 94.8 Å². The molecule has 3 atom stereocenters. The molecule has 4 N–H and O–H groups in total. The zero-order valence-corrected chi connectivity index (χ0v) is 27.8. The normalized spacial score (nSPS) is 26.3. The number of Topliss-reactive ketones (excluding diaryl/α,β-unsaturated/α-hetero) is 1. The number of ketones is 1. The minimum Gasteiger partial charge on any atom is -0.490 e. The lowest BCUT2D eigenvalue weighted by molar-refractivity contribution is -0.126. The van der Waals surface area contributed by atoms with Gasteiger partial charge in [-0.1, -0.05) is 70.4 Å². The van der Waals surface area contributed by atoms with Gasteiger partial charge in [-0.15, -0.1) is 0 Å². The predicted molar refractivity (Wildman–Crippen MR) is 172 cm³/mol. The maximum atomic E-state index is 12.6. The van der Waals surface area contributed by atoms with E-state index in [4.69, 9.17) is 14.3 Å². The molecule has 1 saturated heterocycles. The van der Waals surface area contributed by atoms with E-state index in [2.05, 4.69) is 48.2 Å². The molecular formula is C33H39Br2N3O6. The minimum atomic E-state index is -1.00. The van der Waals surface area contributed by atoms with E-state index in [1.807, 2.05) is 36.4 Å². The lowest BCUT2D eigenvalue weighted by Gasteiger charge is -2.41. The Morgan fingerprint density at radius 1 is 0.795 bits per heavy atom. The molecule has 0 radical (unpaired) electrons. The van der Waals surface area contributed by atoms with Gasteiger partial charge in [-0.25, -0.2) is 4.79 Å². The third kappa shape index (κ3) is 7.14. The SMILES string of the molecule is NC=O.O=C1CC(C2CCCCC2)Oc2ccc(Br)cc21.O=C1NC(=O)C2(CC(C3CCCCC3)Oc3ccc(Br)cc32)N1. The molecule has 3 unspecified atom stereocenters. The number of rotatable bonds is 2. The lowest BCUT2D eigenvalue weighted by Crippen LogP contribution is -2.52. The first-order valence-electron chi connectivity index (χ1n) is 15.5. The lowest BCUT2D eigenvalue weighted by atomic mass is 9.75. The number of nitrogens with two attached hydrogens (primary N) is 1. The molecule has 0 bridgehead atoms. The monoisotopic (exact) mass is 731 g/mol. The van der Waals surface area contributed by atoms with Gasteiger partial charge in [0.1, 0.15) is 23.7 Å². The summed E-state index contributed by atoms with van der Waals surface area (Å²) in [5, 5.41) is 5.27. The number of nitrogens with one attached hydrogen (secondary N) is 2. The molecule has 5 aliphatic rings. The highest BCUT2D eigenvalue weighted by atomic mass is 79.9. The Labute approximate surface area is 274 Å². The van der Waals surface area contributed by atoms with Crippen LogP contribution in [0.5, 0.6) is 11.5 Å². The van der Waals surface area contributed by atoms with Crippen LogP contribution in [-0.2, 0) is 15.1 Å². The predicted octanol–water partition coefficient (Wildman–Crippen LogP) is 6.68. The van der Waals surface area contributed by atoms with E-state index in [-0.39, 0.29) is 30.3 Å². The van der Waals surface area contributed by atoms with E-state index in [9.17, 15) is 14.4 Å². The maximum absolute atomic E-state index is 12.6. The molecule has 11 heteroatoms. The number of amides is 4. The van der Waals surface area contributed by atoms with Crippen LogP contribution in [0.2, 0.25) is 0 Å². The molecule has 0 aromatic heterocycles. The summed E-state index contributed by atoms with van der Waals surface area (Å²) in [4.78, 5) is 45.2. The number of carbonyl (C=O) groups is 4. The molecule has 3 aliphatic heterocycles. The number of hydrogen-bond donors (Lipinski definition) is 3. The quantitative estimate of drug-likeness (QED) is 0.233. The minimum absolute atomic E-state index is 0.0341. The van der Waals surface area contributed by atoms with E-state index in [0.717, 1.165) is 38.7 Å². The summed E-state index contributed by atoms with van der Waals surface area (Å²) in [6, 6.07) is 11.0. The van der Waals surface area contributed by atoms with Crippen molar-refractivity contribution >= 4 is 56.0 Å². The maximum Gasteiger partial charge on any atom is 0.322 e. The molecule has 1 spiro atoms. The van der Waals surface area contributed by atoms with Crippen LogP contribution < -0.4 is 25.8 Å². The number of halogens is 2. The van der Waals surface area contributed by atoms with Gasteiger partial charge in [-0.05, 0) is 73.9 Å². The summed E-state index contributed by atoms with van der Waals surface area (Å²) in [5.41, 5.74) is 4.63. The molecule has 3 fully saturated rings. The van der Waals surface area contributed by atoms with Gasteiger partial charge in [0.25, 0.3) is 5.91 Å². The van der Waals surface area contributed by atoms with Crippen molar-refractivity contribution in [2.24, 2.45) is 17.6 Å². The number of imide groups is 1. The van der Waals surface area contributed by atoms with Crippen LogP contribution in [0.4, 0.5) is 4.79 Å². The first-order valence-corrected chi connectivity index (χ1v) is 17.1. The Balaban J connectivity index is 0.000000164. The number of carbonyl (C=O) groups excluding carboxylic acids is 4. The van der Waals surface area contributed by atoms with Gasteiger partial charge in [0.05, 0.1) is 5.56 Å². The molecule has 44 heavy (non-hydrogen) atoms. The van der Waals surface area contributed by atoms with E-state index in [0.29, 0.717) is 30.4 Å². The molecule has 2 aromatic carbocycles. The molecule has 4 amide bonds. The number of benzene rings is 2. The molecule has 2 aromatic rings. The van der Waals surface area contributed by atoms with Crippen LogP contribution in [-0.4, -0.2) is 36.3 Å². The molecule has 236 valence electrons. The largest absolute Gasteiger partial charge is 0.490 e. The van der Waals surface area contributed by atoms with Gasteiger partial charge in [-0.2, -0.15) is 0 Å². The van der Waals surface area contributed by atoms with Gasteiger partial charge in [0.15, 0.2) is 11.3 Å². The summed E-state index contributed by atoms with van der Waals surface area (Å²) in [6.07, 6.45) is 13.6. The van der Waals surface area contributed by atoms with Crippen molar-refractivity contribution in [2.75, 3.05) is 0 Å². The van der Waals surface area contributed by atoms with Crippen molar-refractivity contribution in [3.63, 3.8) is 0 Å². The molecule has 2 aliphatic carbocycles. The van der Waals surface area contributed by atoms with Crippen molar-refractivity contribution in [1.29, 1.82) is 0 Å². The number of primary amides is 1. The first kappa shape index (κ1) is 32.5. The van der Waals surface area contributed by atoms with Gasteiger partial charge in [0, 0.05) is 27.4 Å². The fourth-order valence-electron chi connectivity index (χ4n) is 7.24. The van der Waals surface area contributed by atoms with Crippen molar-refractivity contribution < 1.29 is 28.7 Å². The number of urea groups is 1. The average molecular weight is 733 g/mol. The Kier molecular flexibility index (Phi) is 10.7. The topological polar surface area (TPSA) is 137 Å². The van der Waals surface area contributed by atoms with E-state index in [1.54, 1.807) is 0 Å². The third-order valence-corrected chi connectivity index (χ3v) is 10.4. The zero-order valence-electron chi connectivity index (χ0n) is 24.6. The van der Waals surface area contributed by atoms with Gasteiger partial charge in [-0.3, -0.25) is 19.7 Å². The van der Waals surface area contributed by atoms with Crippen LogP contribution >= 0.6 is 31.9 Å². The second kappa shape index (κ2) is 14.5. The van der Waals surface area contributed by atoms with Gasteiger partial charge >= 0.3 is 6.03 Å². The summed E-state index contributed by atoms with van der Waals surface area (Å²) in [5.74, 6) is 2.44. The summed E-state index contributed by atoms with van der Waals surface area (Å²) >= 11 is 6.85.